The molecule has 34 heavy (non-hydrogen) atoms. The van der Waals surface area contributed by atoms with E-state index in [4.69, 9.17) is 4.52 Å². The summed E-state index contributed by atoms with van der Waals surface area (Å²) in [6, 6.07) is 4.18. The van der Waals surface area contributed by atoms with Gasteiger partial charge >= 0.3 is 0 Å². The molecular weight excluding hydrogens is 446 g/mol. The van der Waals surface area contributed by atoms with E-state index < -0.39 is 29.5 Å². The van der Waals surface area contributed by atoms with Gasteiger partial charge in [-0.15, -0.1) is 0 Å². The molecule has 2 fully saturated rings. The average Bonchev–Trinajstić information content (AvgIpc) is 3.48. The first-order valence-corrected chi connectivity index (χ1v) is 11.6. The number of aliphatic hydroxyl groups is 1. The van der Waals surface area contributed by atoms with Crippen molar-refractivity contribution < 1.29 is 28.0 Å². The van der Waals surface area contributed by atoms with Crippen molar-refractivity contribution in [2.45, 2.75) is 37.8 Å². The smallest absolute Gasteiger partial charge is 0.273 e. The molecule has 0 bridgehead atoms. The lowest BCUT2D eigenvalue weighted by Crippen LogP contribution is -2.58. The fourth-order valence-corrected chi connectivity index (χ4v) is 5.18. The van der Waals surface area contributed by atoms with Gasteiger partial charge in [-0.05, 0) is 37.3 Å². The molecule has 0 spiro atoms. The van der Waals surface area contributed by atoms with Crippen LogP contribution in [0.1, 0.15) is 36.2 Å². The predicted molar refractivity (Wildman–Crippen MR) is 120 cm³/mol. The highest BCUT2D eigenvalue weighted by molar-refractivity contribution is 5.94. The number of likely N-dealkylation sites (tertiary alicyclic amines) is 1. The fraction of sp³-hybridized carbons (Fsp3) is 0.542. The molecule has 2 heterocycles. The summed E-state index contributed by atoms with van der Waals surface area (Å²) >= 11 is 0. The Balaban J connectivity index is 1.48. The van der Waals surface area contributed by atoms with E-state index in [1.54, 1.807) is 14.1 Å². The van der Waals surface area contributed by atoms with Gasteiger partial charge in [-0.1, -0.05) is 11.6 Å². The minimum atomic E-state index is -0.819. The van der Waals surface area contributed by atoms with Gasteiger partial charge in [0.1, 0.15) is 11.6 Å². The van der Waals surface area contributed by atoms with Crippen LogP contribution in [-0.4, -0.2) is 77.8 Å². The molecule has 10 heteroatoms. The number of aliphatic hydroxyl groups excluding tert-OH is 1. The van der Waals surface area contributed by atoms with Crippen molar-refractivity contribution in [2.75, 3.05) is 33.8 Å². The average molecular weight is 477 g/mol. The molecule has 184 valence electrons. The van der Waals surface area contributed by atoms with E-state index in [0.717, 1.165) is 31.4 Å². The van der Waals surface area contributed by atoms with Crippen LogP contribution in [0.3, 0.4) is 0 Å². The standard InChI is InChI=1S/C24H30F2N4O4/c1-29(2)24(33)17-12-30(21-5-3-4-14(21)13-31)9-8-19(17)27-23(32)20-11-22(34-28-20)16-7-6-15(25)10-18(16)26/h6-7,10-11,14,17,19,21,31H,3-5,8-9,12-13H2,1-2H3,(H,27,32)/t14-,17+,19+,21+/m0/s1. The number of rotatable bonds is 6. The highest BCUT2D eigenvalue weighted by Gasteiger charge is 2.41. The second-order valence-electron chi connectivity index (χ2n) is 9.34. The van der Waals surface area contributed by atoms with Crippen LogP contribution in [0.25, 0.3) is 11.3 Å². The summed E-state index contributed by atoms with van der Waals surface area (Å²) in [7, 11) is 3.38. The third kappa shape index (κ3) is 4.97. The van der Waals surface area contributed by atoms with E-state index >= 15 is 0 Å². The highest BCUT2D eigenvalue weighted by Crippen LogP contribution is 2.33. The van der Waals surface area contributed by atoms with Gasteiger partial charge in [0.05, 0.1) is 11.5 Å². The van der Waals surface area contributed by atoms with Gasteiger partial charge in [0, 0.05) is 58.0 Å². The Hall–Kier alpha value is -2.85. The highest BCUT2D eigenvalue weighted by atomic mass is 19.1. The Kier molecular flexibility index (Phi) is 7.27. The van der Waals surface area contributed by atoms with Crippen molar-refractivity contribution in [3.05, 3.63) is 41.6 Å². The number of aromatic nitrogens is 1. The van der Waals surface area contributed by atoms with Crippen LogP contribution in [0.4, 0.5) is 8.78 Å². The monoisotopic (exact) mass is 476 g/mol. The number of carbonyl (C=O) groups is 2. The van der Waals surface area contributed by atoms with Gasteiger partial charge in [-0.25, -0.2) is 8.78 Å². The van der Waals surface area contributed by atoms with Gasteiger partial charge in [0.25, 0.3) is 5.91 Å². The minimum absolute atomic E-state index is 0.00285. The quantitative estimate of drug-likeness (QED) is 0.664. The van der Waals surface area contributed by atoms with E-state index in [9.17, 15) is 23.5 Å². The maximum Gasteiger partial charge on any atom is 0.273 e. The third-order valence-electron chi connectivity index (χ3n) is 6.98. The summed E-state index contributed by atoms with van der Waals surface area (Å²) in [5.74, 6) is -2.38. The van der Waals surface area contributed by atoms with Crippen LogP contribution in [0.15, 0.2) is 28.8 Å². The molecule has 1 aromatic carbocycles. The molecule has 1 saturated heterocycles. The first-order valence-electron chi connectivity index (χ1n) is 11.6. The molecular formula is C24H30F2N4O4. The molecule has 4 atom stereocenters. The van der Waals surface area contributed by atoms with Gasteiger partial charge in [0.15, 0.2) is 11.5 Å². The summed E-state index contributed by atoms with van der Waals surface area (Å²) in [5.41, 5.74) is -0.0507. The molecule has 2 amide bonds. The van der Waals surface area contributed by atoms with Crippen LogP contribution in [0.5, 0.6) is 0 Å². The summed E-state index contributed by atoms with van der Waals surface area (Å²) in [6.45, 7) is 1.33. The number of amides is 2. The number of piperidine rings is 1. The van der Waals surface area contributed by atoms with E-state index in [1.165, 1.54) is 17.0 Å². The lowest BCUT2D eigenvalue weighted by molar-refractivity contribution is -0.136. The largest absolute Gasteiger partial charge is 0.396 e. The number of nitrogens with zero attached hydrogens (tertiary/aromatic N) is 3. The zero-order valence-electron chi connectivity index (χ0n) is 19.3. The number of hydrogen-bond acceptors (Lipinski definition) is 6. The van der Waals surface area contributed by atoms with Crippen molar-refractivity contribution in [1.29, 1.82) is 0 Å². The topological polar surface area (TPSA) is 98.9 Å². The zero-order valence-corrected chi connectivity index (χ0v) is 19.3. The first-order chi connectivity index (χ1) is 16.3. The van der Waals surface area contributed by atoms with Crippen molar-refractivity contribution in [3.8, 4) is 11.3 Å². The lowest BCUT2D eigenvalue weighted by atomic mass is 9.88. The maximum atomic E-state index is 14.1. The molecule has 1 aromatic heterocycles. The zero-order chi connectivity index (χ0) is 24.4. The SMILES string of the molecule is CN(C)C(=O)[C@@H]1CN([C@@H]2CCC[C@H]2CO)CC[C@H]1NC(=O)c1cc(-c2ccc(F)cc2F)on1. The second kappa shape index (κ2) is 10.2. The third-order valence-corrected chi connectivity index (χ3v) is 6.98. The lowest BCUT2D eigenvalue weighted by Gasteiger charge is -2.43. The maximum absolute atomic E-state index is 14.1. The van der Waals surface area contributed by atoms with Crippen LogP contribution in [0.2, 0.25) is 0 Å². The minimum Gasteiger partial charge on any atom is -0.396 e. The summed E-state index contributed by atoms with van der Waals surface area (Å²) < 4.78 is 32.4. The van der Waals surface area contributed by atoms with Gasteiger partial charge in [0.2, 0.25) is 5.91 Å². The van der Waals surface area contributed by atoms with Crippen LogP contribution < -0.4 is 5.32 Å². The summed E-state index contributed by atoms with van der Waals surface area (Å²) in [5, 5.41) is 16.4. The molecule has 0 radical (unpaired) electrons. The Morgan fingerprint density at radius 1 is 1.24 bits per heavy atom. The number of nitrogens with one attached hydrogen (secondary N) is 1. The summed E-state index contributed by atoms with van der Waals surface area (Å²) in [6.07, 6.45) is 3.60. The number of carbonyl (C=O) groups excluding carboxylic acids is 2. The van der Waals surface area contributed by atoms with E-state index in [1.807, 2.05) is 0 Å². The molecule has 1 saturated carbocycles. The molecule has 1 aliphatic carbocycles. The molecule has 2 aliphatic rings. The normalized spacial score (nSPS) is 25.3. The van der Waals surface area contributed by atoms with Crippen molar-refractivity contribution in [3.63, 3.8) is 0 Å². The van der Waals surface area contributed by atoms with Crippen molar-refractivity contribution >= 4 is 11.8 Å². The number of halogens is 2. The number of benzene rings is 1. The summed E-state index contributed by atoms with van der Waals surface area (Å²) in [4.78, 5) is 29.7. The molecule has 4 rings (SSSR count). The predicted octanol–water partition coefficient (Wildman–Crippen LogP) is 2.29. The van der Waals surface area contributed by atoms with Crippen LogP contribution >= 0.6 is 0 Å². The van der Waals surface area contributed by atoms with Crippen molar-refractivity contribution in [1.82, 2.24) is 20.3 Å². The Morgan fingerprint density at radius 3 is 2.74 bits per heavy atom. The van der Waals surface area contributed by atoms with Crippen LogP contribution in [0, 0.1) is 23.5 Å². The van der Waals surface area contributed by atoms with E-state index in [0.29, 0.717) is 19.5 Å². The number of hydrogen-bond donors (Lipinski definition) is 2. The second-order valence-corrected chi connectivity index (χ2v) is 9.34. The van der Waals surface area contributed by atoms with E-state index in [-0.39, 0.29) is 41.5 Å². The molecule has 8 nitrogen and oxygen atoms in total. The van der Waals surface area contributed by atoms with Gasteiger partial charge in [-0.3, -0.25) is 14.5 Å². The Bertz CT molecular complexity index is 1040. The fourth-order valence-electron chi connectivity index (χ4n) is 5.18. The Morgan fingerprint density at radius 2 is 2.03 bits per heavy atom. The molecule has 1 aliphatic heterocycles. The molecule has 2 N–H and O–H groups in total. The first kappa shape index (κ1) is 24.3. The van der Waals surface area contributed by atoms with E-state index in [2.05, 4.69) is 15.4 Å². The molecule has 2 aromatic rings. The Labute approximate surface area is 196 Å². The van der Waals surface area contributed by atoms with Gasteiger partial charge < -0.3 is 19.8 Å². The molecule has 0 unspecified atom stereocenters. The van der Waals surface area contributed by atoms with Crippen molar-refractivity contribution in [2.24, 2.45) is 11.8 Å². The van der Waals surface area contributed by atoms with Crippen LogP contribution in [-0.2, 0) is 4.79 Å². The van der Waals surface area contributed by atoms with Gasteiger partial charge in [-0.2, -0.15) is 0 Å².